The molecule has 0 aliphatic heterocycles. The molecule has 0 atom stereocenters. The first-order chi connectivity index (χ1) is 20.8. The van der Waals surface area contributed by atoms with E-state index in [1.807, 2.05) is 11.3 Å². The number of thiophene rings is 1. The van der Waals surface area contributed by atoms with Crippen molar-refractivity contribution in [1.82, 2.24) is 0 Å². The first kappa shape index (κ1) is 24.6. The fourth-order valence-electron chi connectivity index (χ4n) is 6.07. The third kappa shape index (κ3) is 4.25. The highest BCUT2D eigenvalue weighted by molar-refractivity contribution is 7.26. The van der Waals surface area contributed by atoms with Gasteiger partial charge < -0.3 is 4.90 Å². The molecule has 0 fully saturated rings. The van der Waals surface area contributed by atoms with Crippen LogP contribution < -0.4 is 4.90 Å². The predicted molar refractivity (Wildman–Crippen MR) is 182 cm³/mol. The Morgan fingerprint density at radius 2 is 1.07 bits per heavy atom. The fourth-order valence-corrected chi connectivity index (χ4v) is 7.20. The van der Waals surface area contributed by atoms with Crippen LogP contribution in [0.15, 0.2) is 164 Å². The maximum atomic E-state index is 2.45. The number of hydrogen-bond acceptors (Lipinski definition) is 2. The molecule has 0 aliphatic rings. The number of anilines is 3. The fraction of sp³-hybridized carbons (Fsp3) is 0. The van der Waals surface area contributed by atoms with Gasteiger partial charge in [-0.1, -0.05) is 121 Å². The summed E-state index contributed by atoms with van der Waals surface area (Å²) in [5.41, 5.74) is 8.28. The quantitative estimate of drug-likeness (QED) is 0.205. The molecular weight excluding hydrogens is 527 g/mol. The zero-order valence-corrected chi connectivity index (χ0v) is 23.8. The highest BCUT2D eigenvalue weighted by atomic mass is 32.1. The van der Waals surface area contributed by atoms with Crippen LogP contribution in [-0.2, 0) is 0 Å². The second kappa shape index (κ2) is 10.3. The van der Waals surface area contributed by atoms with Crippen molar-refractivity contribution >= 4 is 59.3 Å². The van der Waals surface area contributed by atoms with E-state index >= 15 is 0 Å². The highest BCUT2D eigenvalue weighted by Gasteiger charge is 2.21. The van der Waals surface area contributed by atoms with Crippen molar-refractivity contribution in [3.63, 3.8) is 0 Å². The third-order valence-electron chi connectivity index (χ3n) is 8.04. The zero-order valence-electron chi connectivity index (χ0n) is 22.9. The van der Waals surface area contributed by atoms with E-state index in [4.69, 9.17) is 0 Å². The Hall–Kier alpha value is -5.18. The van der Waals surface area contributed by atoms with Gasteiger partial charge in [-0.25, -0.2) is 0 Å². The van der Waals surface area contributed by atoms with E-state index in [1.54, 1.807) is 0 Å². The lowest BCUT2D eigenvalue weighted by Gasteiger charge is -2.29. The van der Waals surface area contributed by atoms with Crippen molar-refractivity contribution in [2.75, 3.05) is 4.90 Å². The number of fused-ring (bicyclic) bond motifs is 4. The predicted octanol–water partition coefficient (Wildman–Crippen LogP) is 12.0. The van der Waals surface area contributed by atoms with Crippen molar-refractivity contribution < 1.29 is 0 Å². The lowest BCUT2D eigenvalue weighted by molar-refractivity contribution is 1.30. The smallest absolute Gasteiger partial charge is 0.0555 e. The van der Waals surface area contributed by atoms with Gasteiger partial charge in [0.2, 0.25) is 0 Å². The minimum absolute atomic E-state index is 1.13. The molecule has 8 rings (SSSR count). The first-order valence-corrected chi connectivity index (χ1v) is 15.1. The first-order valence-electron chi connectivity index (χ1n) is 14.3. The third-order valence-corrected chi connectivity index (χ3v) is 9.17. The summed E-state index contributed by atoms with van der Waals surface area (Å²) < 4.78 is 2.60. The van der Waals surface area contributed by atoms with Crippen LogP contribution >= 0.6 is 11.3 Å². The molecule has 7 aromatic carbocycles. The Balaban J connectivity index is 1.39. The van der Waals surface area contributed by atoms with E-state index in [1.165, 1.54) is 58.9 Å². The summed E-state index contributed by atoms with van der Waals surface area (Å²) in [5, 5.41) is 5.09. The summed E-state index contributed by atoms with van der Waals surface area (Å²) in [7, 11) is 0. The second-order valence-electron chi connectivity index (χ2n) is 10.6. The molecule has 42 heavy (non-hydrogen) atoms. The molecule has 0 unspecified atom stereocenters. The van der Waals surface area contributed by atoms with Gasteiger partial charge in [0.15, 0.2) is 0 Å². The summed E-state index contributed by atoms with van der Waals surface area (Å²) in [5.74, 6) is 0. The zero-order chi connectivity index (χ0) is 27.9. The number of nitrogens with zero attached hydrogens (tertiary/aromatic N) is 1. The summed E-state index contributed by atoms with van der Waals surface area (Å²) in [6, 6.07) is 59.2. The Labute approximate surface area is 249 Å². The number of hydrogen-bond donors (Lipinski definition) is 0. The molecule has 1 nitrogen and oxygen atoms in total. The number of benzene rings is 7. The molecule has 0 bridgehead atoms. The minimum Gasteiger partial charge on any atom is -0.309 e. The summed E-state index contributed by atoms with van der Waals surface area (Å²) in [4.78, 5) is 2.45. The molecule has 2 heteroatoms. The molecule has 8 aromatic rings. The van der Waals surface area contributed by atoms with E-state index in [-0.39, 0.29) is 0 Å². The lowest BCUT2D eigenvalue weighted by atomic mass is 9.99. The molecule has 0 saturated carbocycles. The van der Waals surface area contributed by atoms with Crippen LogP contribution in [0.2, 0.25) is 0 Å². The van der Waals surface area contributed by atoms with Crippen LogP contribution in [0.3, 0.4) is 0 Å². The van der Waals surface area contributed by atoms with Gasteiger partial charge >= 0.3 is 0 Å². The standard InChI is InChI=1S/C40H27NS/c1-2-13-29(14-3-1)34-18-6-8-20-36(34)41(37-21-11-23-39-40(37)35-19-7-9-22-38(35)42-39)33-17-10-16-31(27-33)32-25-24-28-12-4-5-15-30(28)26-32/h1-27H. The van der Waals surface area contributed by atoms with Gasteiger partial charge in [0, 0.05) is 31.4 Å². The number of rotatable bonds is 5. The van der Waals surface area contributed by atoms with Crippen LogP contribution in [0.25, 0.3) is 53.2 Å². The monoisotopic (exact) mass is 553 g/mol. The highest BCUT2D eigenvalue weighted by Crippen LogP contribution is 2.47. The van der Waals surface area contributed by atoms with Gasteiger partial charge in [0.25, 0.3) is 0 Å². The molecule has 0 N–H and O–H groups in total. The van der Waals surface area contributed by atoms with Crippen molar-refractivity contribution in [3.8, 4) is 22.3 Å². The van der Waals surface area contributed by atoms with Gasteiger partial charge in [-0.3, -0.25) is 0 Å². The van der Waals surface area contributed by atoms with E-state index in [0.717, 1.165) is 11.4 Å². The summed E-state index contributed by atoms with van der Waals surface area (Å²) in [6.45, 7) is 0. The van der Waals surface area contributed by atoms with Gasteiger partial charge in [0.05, 0.1) is 11.4 Å². The van der Waals surface area contributed by atoms with Crippen LogP contribution in [0.4, 0.5) is 17.1 Å². The van der Waals surface area contributed by atoms with Crippen molar-refractivity contribution in [2.24, 2.45) is 0 Å². The normalized spacial score (nSPS) is 11.3. The lowest BCUT2D eigenvalue weighted by Crippen LogP contribution is -2.11. The maximum absolute atomic E-state index is 2.45. The van der Waals surface area contributed by atoms with Crippen LogP contribution in [0.5, 0.6) is 0 Å². The summed E-state index contributed by atoms with van der Waals surface area (Å²) in [6.07, 6.45) is 0. The molecule has 0 amide bonds. The molecule has 1 aromatic heterocycles. The molecule has 1 heterocycles. The molecule has 0 spiro atoms. The Morgan fingerprint density at radius 3 is 2.00 bits per heavy atom. The van der Waals surface area contributed by atoms with Crippen molar-refractivity contribution in [3.05, 3.63) is 164 Å². The minimum atomic E-state index is 1.13. The van der Waals surface area contributed by atoms with E-state index in [2.05, 4.69) is 169 Å². The topological polar surface area (TPSA) is 3.24 Å². The second-order valence-corrected chi connectivity index (χ2v) is 11.7. The van der Waals surface area contributed by atoms with Gasteiger partial charge in [-0.05, 0) is 69.9 Å². The maximum Gasteiger partial charge on any atom is 0.0555 e. The Bertz CT molecular complexity index is 2210. The van der Waals surface area contributed by atoms with Gasteiger partial charge in [-0.2, -0.15) is 0 Å². The van der Waals surface area contributed by atoms with E-state index in [9.17, 15) is 0 Å². The van der Waals surface area contributed by atoms with E-state index < -0.39 is 0 Å². The van der Waals surface area contributed by atoms with E-state index in [0.29, 0.717) is 0 Å². The Kier molecular flexibility index (Phi) is 6.05. The largest absolute Gasteiger partial charge is 0.309 e. The average molecular weight is 554 g/mol. The van der Waals surface area contributed by atoms with Crippen LogP contribution in [0, 0.1) is 0 Å². The van der Waals surface area contributed by atoms with Crippen LogP contribution in [-0.4, -0.2) is 0 Å². The van der Waals surface area contributed by atoms with Crippen LogP contribution in [0.1, 0.15) is 0 Å². The molecule has 0 saturated heterocycles. The summed E-state index contributed by atoms with van der Waals surface area (Å²) >= 11 is 1.86. The number of para-hydroxylation sites is 1. The van der Waals surface area contributed by atoms with Crippen molar-refractivity contribution in [2.45, 2.75) is 0 Å². The average Bonchev–Trinajstić information content (AvgIpc) is 3.45. The molecule has 198 valence electrons. The molecule has 0 radical (unpaired) electrons. The Morgan fingerprint density at radius 1 is 0.405 bits per heavy atom. The van der Waals surface area contributed by atoms with Crippen molar-refractivity contribution in [1.29, 1.82) is 0 Å². The molecular formula is C40H27NS. The molecule has 0 aliphatic carbocycles. The SMILES string of the molecule is c1ccc(-c2ccccc2N(c2cccc(-c3ccc4ccccc4c3)c2)c2cccc3sc4ccccc4c23)cc1. The van der Waals surface area contributed by atoms with Gasteiger partial charge in [0.1, 0.15) is 0 Å². The van der Waals surface area contributed by atoms with Gasteiger partial charge in [-0.15, -0.1) is 11.3 Å².